The Morgan fingerprint density at radius 1 is 1.04 bits per heavy atom. The number of nitrogens with one attached hydrogen (secondary N) is 3. The molecule has 27 heavy (non-hydrogen) atoms. The first-order chi connectivity index (χ1) is 12.5. The van der Waals surface area contributed by atoms with Gasteiger partial charge in [-0.2, -0.15) is 0 Å². The molecule has 0 spiro atoms. The lowest BCUT2D eigenvalue weighted by Crippen LogP contribution is -2.57. The van der Waals surface area contributed by atoms with Crippen molar-refractivity contribution >= 4 is 17.9 Å². The predicted molar refractivity (Wildman–Crippen MR) is 102 cm³/mol. The maximum Gasteiger partial charge on any atom is 0.408 e. The number of hydrazine groups is 1. The number of carbonyl (C=O) groups excluding carboxylic acids is 3. The molecule has 0 aromatic heterocycles. The summed E-state index contributed by atoms with van der Waals surface area (Å²) in [5.74, 6) is 4.01. The van der Waals surface area contributed by atoms with E-state index >= 15 is 0 Å². The fraction of sp³-hybridized carbons (Fsp3) is 0.526. The van der Waals surface area contributed by atoms with Gasteiger partial charge in [0.05, 0.1) is 0 Å². The summed E-state index contributed by atoms with van der Waals surface area (Å²) in [6.45, 7) is 8.78. The number of ether oxygens (including phenoxy) is 1. The van der Waals surface area contributed by atoms with Crippen molar-refractivity contribution in [2.24, 2.45) is 11.8 Å². The van der Waals surface area contributed by atoms with Crippen LogP contribution < -0.4 is 21.9 Å². The largest absolute Gasteiger partial charge is 0.444 e. The van der Waals surface area contributed by atoms with E-state index in [2.05, 4.69) is 10.6 Å². The second-order valence-electron chi connectivity index (χ2n) is 7.63. The van der Waals surface area contributed by atoms with Crippen LogP contribution in [0, 0.1) is 5.92 Å². The van der Waals surface area contributed by atoms with Gasteiger partial charge in [-0.05, 0) is 32.3 Å². The molecular formula is C19H30N4O4. The molecule has 8 heteroatoms. The molecule has 1 rings (SSSR count). The average molecular weight is 378 g/mol. The van der Waals surface area contributed by atoms with Crippen LogP contribution in [0.4, 0.5) is 4.79 Å². The highest BCUT2D eigenvalue weighted by Gasteiger charge is 2.29. The minimum atomic E-state index is -0.908. The number of benzene rings is 1. The van der Waals surface area contributed by atoms with E-state index in [9.17, 15) is 14.4 Å². The van der Waals surface area contributed by atoms with Gasteiger partial charge < -0.3 is 15.4 Å². The lowest BCUT2D eigenvalue weighted by molar-refractivity contribution is -0.131. The first-order valence-corrected chi connectivity index (χ1v) is 8.87. The van der Waals surface area contributed by atoms with Gasteiger partial charge in [-0.15, -0.1) is 0 Å². The lowest BCUT2D eigenvalue weighted by atomic mass is 10.0. The summed E-state index contributed by atoms with van der Waals surface area (Å²) in [6, 6.07) is 7.52. The number of hydrogen-bond acceptors (Lipinski definition) is 5. The van der Waals surface area contributed by atoms with Crippen molar-refractivity contribution in [3.8, 4) is 0 Å². The van der Waals surface area contributed by atoms with Crippen LogP contribution in [-0.4, -0.2) is 35.6 Å². The van der Waals surface area contributed by atoms with Crippen LogP contribution in [0.2, 0.25) is 0 Å². The first kappa shape index (κ1) is 22.4. The quantitative estimate of drug-likeness (QED) is 0.323. The topological polar surface area (TPSA) is 123 Å². The van der Waals surface area contributed by atoms with Crippen LogP contribution in [0.25, 0.3) is 0 Å². The number of nitrogens with two attached hydrogens (primary N) is 1. The summed E-state index contributed by atoms with van der Waals surface area (Å²) < 4.78 is 5.25. The van der Waals surface area contributed by atoms with Crippen LogP contribution >= 0.6 is 0 Å². The molecule has 0 saturated heterocycles. The Hall–Kier alpha value is -2.61. The molecule has 1 aromatic carbocycles. The maximum absolute atomic E-state index is 12.8. The molecule has 150 valence electrons. The highest BCUT2D eigenvalue weighted by Crippen LogP contribution is 2.10. The van der Waals surface area contributed by atoms with Gasteiger partial charge >= 0.3 is 6.09 Å². The third-order valence-electron chi connectivity index (χ3n) is 3.68. The molecule has 0 unspecified atom stereocenters. The smallest absolute Gasteiger partial charge is 0.408 e. The molecule has 0 saturated carbocycles. The lowest BCUT2D eigenvalue weighted by Gasteiger charge is -2.26. The summed E-state index contributed by atoms with van der Waals surface area (Å²) in [4.78, 5) is 36.9. The van der Waals surface area contributed by atoms with Crippen LogP contribution in [0.3, 0.4) is 0 Å². The van der Waals surface area contributed by atoms with Gasteiger partial charge in [0.1, 0.15) is 17.7 Å². The Labute approximate surface area is 160 Å². The Bertz CT molecular complexity index is 641. The fourth-order valence-electron chi connectivity index (χ4n) is 2.39. The van der Waals surface area contributed by atoms with Crippen molar-refractivity contribution in [3.05, 3.63) is 35.9 Å². The number of hydrogen-bond donors (Lipinski definition) is 4. The van der Waals surface area contributed by atoms with Crippen molar-refractivity contribution in [1.82, 2.24) is 16.1 Å². The molecule has 0 aliphatic carbocycles. The van der Waals surface area contributed by atoms with Crippen molar-refractivity contribution in [1.29, 1.82) is 0 Å². The van der Waals surface area contributed by atoms with Crippen molar-refractivity contribution in [2.75, 3.05) is 0 Å². The van der Waals surface area contributed by atoms with Gasteiger partial charge in [-0.1, -0.05) is 44.2 Å². The minimum absolute atomic E-state index is 0.184. The molecule has 0 fully saturated rings. The van der Waals surface area contributed by atoms with Crippen molar-refractivity contribution < 1.29 is 19.1 Å². The number of amides is 3. The third kappa shape index (κ3) is 8.08. The monoisotopic (exact) mass is 378 g/mol. The normalized spacial score (nSPS) is 13.4. The predicted octanol–water partition coefficient (Wildman–Crippen LogP) is 1.25. The number of carbonyl (C=O) groups is 3. The third-order valence-corrected chi connectivity index (χ3v) is 3.68. The highest BCUT2D eigenvalue weighted by atomic mass is 16.6. The average Bonchev–Trinajstić information content (AvgIpc) is 2.57. The molecule has 0 radical (unpaired) electrons. The molecule has 3 amide bonds. The van der Waals surface area contributed by atoms with E-state index in [0.29, 0.717) is 0 Å². The Morgan fingerprint density at radius 2 is 1.63 bits per heavy atom. The molecule has 1 aromatic rings. The van der Waals surface area contributed by atoms with Crippen molar-refractivity contribution in [3.63, 3.8) is 0 Å². The van der Waals surface area contributed by atoms with Gasteiger partial charge in [0, 0.05) is 6.42 Å². The molecule has 8 nitrogen and oxygen atoms in total. The standard InChI is InChI=1S/C19H30N4O4/c1-12(2)15(17(25)23-20)22-16(24)14(11-13-9-7-6-8-10-13)21-18(26)27-19(3,4)5/h6-10,12,14-15H,11,20H2,1-5H3,(H,21,26)(H,22,24)(H,23,25)/t14-,15-/m0/s1. The van der Waals surface area contributed by atoms with Crippen LogP contribution in [0.15, 0.2) is 30.3 Å². The second-order valence-corrected chi connectivity index (χ2v) is 7.63. The number of alkyl carbamates (subject to hydrolysis) is 1. The summed E-state index contributed by atoms with van der Waals surface area (Å²) >= 11 is 0. The van der Waals surface area contributed by atoms with E-state index in [1.807, 2.05) is 35.8 Å². The molecular weight excluding hydrogens is 348 g/mol. The molecule has 0 aliphatic rings. The second kappa shape index (κ2) is 9.91. The van der Waals surface area contributed by atoms with Gasteiger partial charge in [-0.25, -0.2) is 10.6 Å². The zero-order valence-corrected chi connectivity index (χ0v) is 16.5. The van der Waals surface area contributed by atoms with E-state index < -0.39 is 35.6 Å². The van der Waals surface area contributed by atoms with Gasteiger partial charge in [-0.3, -0.25) is 15.0 Å². The fourth-order valence-corrected chi connectivity index (χ4v) is 2.39. The van der Waals surface area contributed by atoms with E-state index in [4.69, 9.17) is 10.6 Å². The summed E-state index contributed by atoms with van der Waals surface area (Å²) in [6.07, 6.45) is -0.455. The van der Waals surface area contributed by atoms with Crippen LogP contribution in [0.5, 0.6) is 0 Å². The molecule has 0 heterocycles. The highest BCUT2D eigenvalue weighted by molar-refractivity contribution is 5.91. The summed E-state index contributed by atoms with van der Waals surface area (Å²) in [5.41, 5.74) is 2.21. The minimum Gasteiger partial charge on any atom is -0.444 e. The zero-order valence-electron chi connectivity index (χ0n) is 16.5. The number of rotatable bonds is 7. The Morgan fingerprint density at radius 3 is 2.11 bits per heavy atom. The first-order valence-electron chi connectivity index (χ1n) is 8.87. The molecule has 2 atom stereocenters. The van der Waals surface area contributed by atoms with Gasteiger partial charge in [0.25, 0.3) is 5.91 Å². The van der Waals surface area contributed by atoms with E-state index in [1.165, 1.54) is 0 Å². The van der Waals surface area contributed by atoms with E-state index in [0.717, 1.165) is 5.56 Å². The van der Waals surface area contributed by atoms with Gasteiger partial charge in [0.15, 0.2) is 0 Å². The molecule has 0 bridgehead atoms. The summed E-state index contributed by atoms with van der Waals surface area (Å²) in [5, 5.41) is 5.24. The summed E-state index contributed by atoms with van der Waals surface area (Å²) in [7, 11) is 0. The van der Waals surface area contributed by atoms with Crippen LogP contribution in [0.1, 0.15) is 40.2 Å². The zero-order chi connectivity index (χ0) is 20.6. The molecule has 0 aliphatic heterocycles. The van der Waals surface area contributed by atoms with Crippen molar-refractivity contribution in [2.45, 2.75) is 58.7 Å². The Kier molecular flexibility index (Phi) is 8.24. The SMILES string of the molecule is CC(C)[C@H](NC(=O)[C@H](Cc1ccccc1)NC(=O)OC(C)(C)C)C(=O)NN. The van der Waals surface area contributed by atoms with Crippen LogP contribution in [-0.2, 0) is 20.7 Å². The van der Waals surface area contributed by atoms with Gasteiger partial charge in [0.2, 0.25) is 5.91 Å². The van der Waals surface area contributed by atoms with E-state index in [-0.39, 0.29) is 12.3 Å². The van der Waals surface area contributed by atoms with E-state index in [1.54, 1.807) is 34.6 Å². The maximum atomic E-state index is 12.8. The molecule has 5 N–H and O–H groups in total. The Balaban J connectivity index is 2.95.